The van der Waals surface area contributed by atoms with Gasteiger partial charge in [-0.3, -0.25) is 0 Å². The van der Waals surface area contributed by atoms with Gasteiger partial charge in [0.25, 0.3) is 0 Å². The zero-order chi connectivity index (χ0) is 14.4. The second kappa shape index (κ2) is 7.58. The normalized spacial score (nSPS) is 12.1. The summed E-state index contributed by atoms with van der Waals surface area (Å²) in [5.74, 6) is 0. The fourth-order valence-corrected chi connectivity index (χ4v) is 2.22. The number of carbonyl (C=O) groups is 1. The lowest BCUT2D eigenvalue weighted by molar-refractivity contribution is 0.163. The van der Waals surface area contributed by atoms with E-state index in [0.29, 0.717) is 28.7 Å². The van der Waals surface area contributed by atoms with Gasteiger partial charge in [-0.25, -0.2) is 4.79 Å². The van der Waals surface area contributed by atoms with Crippen molar-refractivity contribution in [3.63, 3.8) is 0 Å². The van der Waals surface area contributed by atoms with Crippen LogP contribution in [0.4, 0.5) is 4.79 Å². The SMILES string of the molecule is CCN(CC)C(=O)NCC(O)c1ccc(Cl)cc1Cl. The average molecular weight is 305 g/mol. The second-order valence-corrected chi connectivity index (χ2v) is 4.88. The van der Waals surface area contributed by atoms with E-state index in [-0.39, 0.29) is 12.6 Å². The van der Waals surface area contributed by atoms with E-state index in [9.17, 15) is 9.90 Å². The minimum atomic E-state index is -0.857. The maximum absolute atomic E-state index is 11.7. The van der Waals surface area contributed by atoms with Crippen molar-refractivity contribution >= 4 is 29.2 Å². The molecule has 4 nitrogen and oxygen atoms in total. The van der Waals surface area contributed by atoms with Crippen LogP contribution in [0.3, 0.4) is 0 Å². The molecule has 0 radical (unpaired) electrons. The van der Waals surface area contributed by atoms with Crippen LogP contribution in [-0.2, 0) is 0 Å². The van der Waals surface area contributed by atoms with Crippen LogP contribution in [0.25, 0.3) is 0 Å². The molecule has 1 rings (SSSR count). The Kier molecular flexibility index (Phi) is 6.42. The highest BCUT2D eigenvalue weighted by Gasteiger charge is 2.15. The minimum absolute atomic E-state index is 0.108. The van der Waals surface area contributed by atoms with Crippen molar-refractivity contribution in [2.75, 3.05) is 19.6 Å². The predicted molar refractivity (Wildman–Crippen MR) is 77.7 cm³/mol. The van der Waals surface area contributed by atoms with E-state index >= 15 is 0 Å². The van der Waals surface area contributed by atoms with Gasteiger partial charge < -0.3 is 15.3 Å². The largest absolute Gasteiger partial charge is 0.387 e. The first-order valence-electron chi connectivity index (χ1n) is 6.15. The molecule has 1 aromatic carbocycles. The quantitative estimate of drug-likeness (QED) is 0.878. The molecule has 0 saturated carbocycles. The topological polar surface area (TPSA) is 52.6 Å². The molecule has 1 aromatic rings. The standard InChI is InChI=1S/C13H18Cl2N2O2/c1-3-17(4-2)13(19)16-8-12(18)10-6-5-9(14)7-11(10)15/h5-7,12,18H,3-4,8H2,1-2H3,(H,16,19). The first-order valence-corrected chi connectivity index (χ1v) is 6.91. The third-order valence-electron chi connectivity index (χ3n) is 2.82. The van der Waals surface area contributed by atoms with E-state index in [1.54, 1.807) is 23.1 Å². The van der Waals surface area contributed by atoms with Crippen molar-refractivity contribution in [1.29, 1.82) is 0 Å². The summed E-state index contributed by atoms with van der Waals surface area (Å²) in [4.78, 5) is 13.4. The van der Waals surface area contributed by atoms with Gasteiger partial charge in [0.2, 0.25) is 0 Å². The number of halogens is 2. The number of nitrogens with one attached hydrogen (secondary N) is 1. The summed E-state index contributed by atoms with van der Waals surface area (Å²) in [5.41, 5.74) is 0.547. The van der Waals surface area contributed by atoms with Crippen LogP contribution in [0.1, 0.15) is 25.5 Å². The Morgan fingerprint density at radius 1 is 1.37 bits per heavy atom. The molecule has 0 fully saturated rings. The number of aliphatic hydroxyl groups excluding tert-OH is 1. The molecule has 0 heterocycles. The molecule has 0 aromatic heterocycles. The van der Waals surface area contributed by atoms with E-state index < -0.39 is 6.10 Å². The lowest BCUT2D eigenvalue weighted by Gasteiger charge is -2.21. The number of carbonyl (C=O) groups excluding carboxylic acids is 1. The van der Waals surface area contributed by atoms with Crippen LogP contribution < -0.4 is 5.32 Å². The summed E-state index contributed by atoms with van der Waals surface area (Å²) >= 11 is 11.8. The van der Waals surface area contributed by atoms with E-state index in [4.69, 9.17) is 23.2 Å². The van der Waals surface area contributed by atoms with Crippen molar-refractivity contribution in [2.24, 2.45) is 0 Å². The summed E-state index contributed by atoms with van der Waals surface area (Å²) in [6.07, 6.45) is -0.857. The third kappa shape index (κ3) is 4.56. The molecule has 2 N–H and O–H groups in total. The fraction of sp³-hybridized carbons (Fsp3) is 0.462. The number of urea groups is 1. The predicted octanol–water partition coefficient (Wildman–Crippen LogP) is 3.08. The molecule has 6 heteroatoms. The molecular weight excluding hydrogens is 287 g/mol. The molecule has 0 aliphatic rings. The molecule has 0 spiro atoms. The van der Waals surface area contributed by atoms with E-state index in [0.717, 1.165) is 0 Å². The fourth-order valence-electron chi connectivity index (χ4n) is 1.69. The van der Waals surface area contributed by atoms with Gasteiger partial charge in [-0.1, -0.05) is 29.3 Å². The second-order valence-electron chi connectivity index (χ2n) is 4.04. The van der Waals surface area contributed by atoms with Crippen molar-refractivity contribution in [3.05, 3.63) is 33.8 Å². The Bertz CT molecular complexity index is 437. The van der Waals surface area contributed by atoms with Gasteiger partial charge in [0.1, 0.15) is 0 Å². The number of nitrogens with zero attached hydrogens (tertiary/aromatic N) is 1. The Balaban J connectivity index is 2.60. The molecule has 0 bridgehead atoms. The summed E-state index contributed by atoms with van der Waals surface area (Å²) in [7, 11) is 0. The van der Waals surface area contributed by atoms with Gasteiger partial charge in [-0.2, -0.15) is 0 Å². The summed E-state index contributed by atoms with van der Waals surface area (Å²) < 4.78 is 0. The Morgan fingerprint density at radius 2 is 2.00 bits per heavy atom. The maximum Gasteiger partial charge on any atom is 0.317 e. The average Bonchev–Trinajstić information content (AvgIpc) is 2.37. The molecule has 19 heavy (non-hydrogen) atoms. The Morgan fingerprint density at radius 3 is 2.53 bits per heavy atom. The van der Waals surface area contributed by atoms with Crippen LogP contribution in [0.5, 0.6) is 0 Å². The van der Waals surface area contributed by atoms with Gasteiger partial charge in [0.05, 0.1) is 6.10 Å². The van der Waals surface area contributed by atoms with Crippen molar-refractivity contribution in [3.8, 4) is 0 Å². The van der Waals surface area contributed by atoms with Crippen LogP contribution in [-0.4, -0.2) is 35.7 Å². The monoisotopic (exact) mass is 304 g/mol. The molecule has 0 saturated heterocycles. The first-order chi connectivity index (χ1) is 8.99. The molecule has 0 aliphatic carbocycles. The highest BCUT2D eigenvalue weighted by Crippen LogP contribution is 2.25. The zero-order valence-corrected chi connectivity index (χ0v) is 12.5. The van der Waals surface area contributed by atoms with Crippen LogP contribution in [0.15, 0.2) is 18.2 Å². The van der Waals surface area contributed by atoms with Gasteiger partial charge >= 0.3 is 6.03 Å². The summed E-state index contributed by atoms with van der Waals surface area (Å²) in [6, 6.07) is 4.67. The smallest absolute Gasteiger partial charge is 0.317 e. The number of rotatable bonds is 5. The minimum Gasteiger partial charge on any atom is -0.387 e. The number of aliphatic hydroxyl groups is 1. The highest BCUT2D eigenvalue weighted by atomic mass is 35.5. The van der Waals surface area contributed by atoms with E-state index in [2.05, 4.69) is 5.32 Å². The lowest BCUT2D eigenvalue weighted by atomic mass is 10.1. The van der Waals surface area contributed by atoms with Crippen LogP contribution in [0.2, 0.25) is 10.0 Å². The molecule has 1 atom stereocenters. The van der Waals surface area contributed by atoms with E-state index in [1.165, 1.54) is 0 Å². The third-order valence-corrected chi connectivity index (χ3v) is 3.38. The van der Waals surface area contributed by atoms with Gasteiger partial charge in [-0.05, 0) is 26.0 Å². The number of amides is 2. The zero-order valence-electron chi connectivity index (χ0n) is 11.0. The number of benzene rings is 1. The lowest BCUT2D eigenvalue weighted by Crippen LogP contribution is -2.41. The Hall–Kier alpha value is -0.970. The maximum atomic E-state index is 11.7. The van der Waals surface area contributed by atoms with Crippen molar-refractivity contribution in [2.45, 2.75) is 20.0 Å². The van der Waals surface area contributed by atoms with Crippen LogP contribution >= 0.6 is 23.2 Å². The highest BCUT2D eigenvalue weighted by molar-refractivity contribution is 6.35. The van der Waals surface area contributed by atoms with Gasteiger partial charge in [0.15, 0.2) is 0 Å². The van der Waals surface area contributed by atoms with Crippen LogP contribution in [0, 0.1) is 0 Å². The Labute approximate surface area is 123 Å². The summed E-state index contributed by atoms with van der Waals surface area (Å²) in [6.45, 7) is 5.15. The molecular formula is C13H18Cl2N2O2. The van der Waals surface area contributed by atoms with Crippen molar-refractivity contribution < 1.29 is 9.90 Å². The first kappa shape index (κ1) is 16.1. The molecule has 106 valence electrons. The molecule has 0 aliphatic heterocycles. The van der Waals surface area contributed by atoms with Crippen molar-refractivity contribution in [1.82, 2.24) is 10.2 Å². The molecule has 1 unspecified atom stereocenters. The van der Waals surface area contributed by atoms with Gasteiger partial charge in [-0.15, -0.1) is 0 Å². The van der Waals surface area contributed by atoms with Gasteiger partial charge in [0, 0.05) is 35.2 Å². The van der Waals surface area contributed by atoms with E-state index in [1.807, 2.05) is 13.8 Å². The number of hydrogen-bond donors (Lipinski definition) is 2. The molecule has 2 amide bonds. The summed E-state index contributed by atoms with van der Waals surface area (Å²) in [5, 5.41) is 13.6. The number of hydrogen-bond acceptors (Lipinski definition) is 2.